The summed E-state index contributed by atoms with van der Waals surface area (Å²) in [6, 6.07) is -1.02. The number of rotatable bonds is 8. The number of thioether (sulfide) groups is 1. The van der Waals surface area contributed by atoms with Gasteiger partial charge in [0.05, 0.1) is 6.61 Å². The summed E-state index contributed by atoms with van der Waals surface area (Å²) in [4.78, 5) is 47.0. The van der Waals surface area contributed by atoms with Crippen molar-refractivity contribution in [3.8, 4) is 0 Å². The van der Waals surface area contributed by atoms with E-state index in [-0.39, 0.29) is 42.8 Å². The fraction of sp³-hybridized carbons (Fsp3) is 0.714. The van der Waals surface area contributed by atoms with Crippen LogP contribution in [0.15, 0.2) is 0 Å². The molecule has 1 unspecified atom stereocenters. The van der Waals surface area contributed by atoms with Crippen molar-refractivity contribution >= 4 is 34.7 Å². The molecule has 0 aliphatic carbocycles. The maximum absolute atomic E-state index is 12.0. The van der Waals surface area contributed by atoms with Crippen LogP contribution in [0.3, 0.4) is 0 Å². The Balaban J connectivity index is 2.59. The fourth-order valence-corrected chi connectivity index (χ4v) is 3.05. The summed E-state index contributed by atoms with van der Waals surface area (Å²) >= 11 is 1.14. The van der Waals surface area contributed by atoms with Crippen LogP contribution in [0.25, 0.3) is 0 Å². The first-order valence-electron chi connectivity index (χ1n) is 7.16. The summed E-state index contributed by atoms with van der Waals surface area (Å²) in [7, 11) is 0. The van der Waals surface area contributed by atoms with Gasteiger partial charge in [-0.05, 0) is 19.3 Å². The molecule has 0 spiro atoms. The molecule has 2 atom stereocenters. The maximum Gasteiger partial charge on any atom is 0.326 e. The number of carboxylic acid groups (broad SMARTS) is 1. The molecule has 1 aliphatic rings. The summed E-state index contributed by atoms with van der Waals surface area (Å²) in [5.74, 6) is -1.38. The third-order valence-corrected chi connectivity index (χ3v) is 4.39. The van der Waals surface area contributed by atoms with E-state index in [0.29, 0.717) is 12.3 Å². The van der Waals surface area contributed by atoms with Crippen LogP contribution >= 0.6 is 11.8 Å². The van der Waals surface area contributed by atoms with E-state index in [9.17, 15) is 24.3 Å². The third kappa shape index (κ3) is 5.67. The number of amides is 1. The van der Waals surface area contributed by atoms with Crippen molar-refractivity contribution < 1.29 is 29.0 Å². The van der Waals surface area contributed by atoms with E-state index in [2.05, 4.69) is 0 Å². The summed E-state index contributed by atoms with van der Waals surface area (Å²) in [5, 5.41) is 9.27. The van der Waals surface area contributed by atoms with Crippen molar-refractivity contribution in [2.45, 2.75) is 39.2 Å². The summed E-state index contributed by atoms with van der Waals surface area (Å²) in [6.07, 6.45) is 0.234. The van der Waals surface area contributed by atoms with Gasteiger partial charge in [-0.2, -0.15) is 0 Å². The molecule has 1 saturated heterocycles. The van der Waals surface area contributed by atoms with Gasteiger partial charge in [-0.15, -0.1) is 0 Å². The number of hydrogen-bond donors (Lipinski definition) is 1. The van der Waals surface area contributed by atoms with Gasteiger partial charge in [0.25, 0.3) is 0 Å². The Morgan fingerprint density at radius 2 is 2.14 bits per heavy atom. The minimum atomic E-state index is -1.13. The quantitative estimate of drug-likeness (QED) is 0.660. The number of carboxylic acids is 1. The Kier molecular flexibility index (Phi) is 7.37. The second-order valence-corrected chi connectivity index (χ2v) is 6.31. The van der Waals surface area contributed by atoms with Gasteiger partial charge in [0.2, 0.25) is 5.91 Å². The maximum atomic E-state index is 12.0. The molecule has 1 aliphatic heterocycles. The van der Waals surface area contributed by atoms with Gasteiger partial charge in [0, 0.05) is 32.1 Å². The molecule has 1 heterocycles. The van der Waals surface area contributed by atoms with Gasteiger partial charge in [-0.1, -0.05) is 11.8 Å². The molecule has 1 fully saturated rings. The van der Waals surface area contributed by atoms with Gasteiger partial charge in [-0.25, -0.2) is 4.79 Å². The fourth-order valence-electron chi connectivity index (χ4n) is 2.36. The van der Waals surface area contributed by atoms with Crippen molar-refractivity contribution in [1.82, 2.24) is 4.90 Å². The van der Waals surface area contributed by atoms with Crippen molar-refractivity contribution in [1.29, 1.82) is 0 Å². The number of nitrogens with zero attached hydrogens (tertiary/aromatic N) is 1. The van der Waals surface area contributed by atoms with Crippen LogP contribution in [0.4, 0.5) is 0 Å². The van der Waals surface area contributed by atoms with Crippen LogP contribution in [-0.4, -0.2) is 57.9 Å². The lowest BCUT2D eigenvalue weighted by molar-refractivity contribution is -0.150. The van der Waals surface area contributed by atoms with Crippen LogP contribution in [0, 0.1) is 5.92 Å². The average molecular weight is 331 g/mol. The number of hydrogen-bond acceptors (Lipinski definition) is 6. The zero-order valence-corrected chi connectivity index (χ0v) is 13.6. The summed E-state index contributed by atoms with van der Waals surface area (Å²) < 4.78 is 4.77. The van der Waals surface area contributed by atoms with Gasteiger partial charge < -0.3 is 14.7 Å². The van der Waals surface area contributed by atoms with Crippen LogP contribution in [0.1, 0.15) is 33.1 Å². The molecule has 0 saturated carbocycles. The molecule has 1 N–H and O–H groups in total. The first-order valence-corrected chi connectivity index (χ1v) is 8.15. The lowest BCUT2D eigenvalue weighted by Crippen LogP contribution is -2.42. The Bertz CT molecular complexity index is 453. The first-order chi connectivity index (χ1) is 10.3. The van der Waals surface area contributed by atoms with E-state index in [0.717, 1.165) is 11.8 Å². The van der Waals surface area contributed by atoms with Gasteiger partial charge in [0.15, 0.2) is 5.12 Å². The van der Waals surface area contributed by atoms with E-state index in [1.54, 1.807) is 6.92 Å². The second-order valence-electron chi connectivity index (χ2n) is 5.12. The number of esters is 1. The smallest absolute Gasteiger partial charge is 0.326 e. The average Bonchev–Trinajstić information content (AvgIpc) is 2.78. The topological polar surface area (TPSA) is 101 Å². The van der Waals surface area contributed by atoms with Gasteiger partial charge in [0.1, 0.15) is 6.04 Å². The molecule has 1 rings (SSSR count). The largest absolute Gasteiger partial charge is 0.480 e. The highest BCUT2D eigenvalue weighted by Crippen LogP contribution is 2.25. The van der Waals surface area contributed by atoms with Crippen LogP contribution < -0.4 is 0 Å². The van der Waals surface area contributed by atoms with Crippen LogP contribution in [0.5, 0.6) is 0 Å². The lowest BCUT2D eigenvalue weighted by atomic mass is 10.1. The standard InChI is InChI=1S/C14H21NO6S/c1-3-21-13(18)5-4-11(14(19)20)15-7-10(6-12(15)17)8-22-9(2)16/h10-11H,3-8H2,1-2H3,(H,19,20)/t10?,11-/m0/s1. The minimum absolute atomic E-state index is 0.0250. The number of carbonyl (C=O) groups excluding carboxylic acids is 3. The van der Waals surface area contributed by atoms with E-state index in [1.807, 2.05) is 0 Å². The predicted octanol–water partition coefficient (Wildman–Crippen LogP) is 0.911. The molecule has 1 amide bonds. The predicted molar refractivity (Wildman–Crippen MR) is 80.2 cm³/mol. The lowest BCUT2D eigenvalue weighted by Gasteiger charge is -2.24. The van der Waals surface area contributed by atoms with Gasteiger partial charge in [-0.3, -0.25) is 14.4 Å². The Hall–Kier alpha value is -1.57. The van der Waals surface area contributed by atoms with E-state index in [1.165, 1.54) is 11.8 Å². The molecule has 8 heteroatoms. The number of likely N-dealkylation sites (tertiary alicyclic amines) is 1. The summed E-state index contributed by atoms with van der Waals surface area (Å²) in [5.41, 5.74) is 0. The zero-order chi connectivity index (χ0) is 16.7. The SMILES string of the molecule is CCOC(=O)CC[C@@H](C(=O)O)N1CC(CSC(C)=O)CC1=O. The van der Waals surface area contributed by atoms with Crippen molar-refractivity contribution in [3.63, 3.8) is 0 Å². The highest BCUT2D eigenvalue weighted by atomic mass is 32.2. The normalized spacial score (nSPS) is 19.1. The molecule has 7 nitrogen and oxygen atoms in total. The monoisotopic (exact) mass is 331 g/mol. The van der Waals surface area contributed by atoms with Gasteiger partial charge >= 0.3 is 11.9 Å². The van der Waals surface area contributed by atoms with Crippen LogP contribution in [-0.2, 0) is 23.9 Å². The molecular formula is C14H21NO6S. The molecule has 0 radical (unpaired) electrons. The molecule has 0 bridgehead atoms. The zero-order valence-electron chi connectivity index (χ0n) is 12.7. The van der Waals surface area contributed by atoms with E-state index < -0.39 is 18.0 Å². The highest BCUT2D eigenvalue weighted by molar-refractivity contribution is 8.13. The summed E-state index contributed by atoms with van der Waals surface area (Å²) in [6.45, 7) is 3.68. The molecule has 124 valence electrons. The number of carbonyl (C=O) groups is 4. The van der Waals surface area contributed by atoms with Crippen molar-refractivity contribution in [2.24, 2.45) is 5.92 Å². The highest BCUT2D eigenvalue weighted by Gasteiger charge is 2.37. The second kappa shape index (κ2) is 8.77. The Morgan fingerprint density at radius 3 is 2.68 bits per heavy atom. The Morgan fingerprint density at radius 1 is 1.45 bits per heavy atom. The van der Waals surface area contributed by atoms with E-state index >= 15 is 0 Å². The molecule has 22 heavy (non-hydrogen) atoms. The number of ether oxygens (including phenoxy) is 1. The van der Waals surface area contributed by atoms with Crippen LogP contribution in [0.2, 0.25) is 0 Å². The first kappa shape index (κ1) is 18.5. The third-order valence-electron chi connectivity index (χ3n) is 3.35. The van der Waals surface area contributed by atoms with E-state index in [4.69, 9.17) is 4.74 Å². The number of aliphatic carboxylic acids is 1. The Labute approximate surface area is 133 Å². The molecular weight excluding hydrogens is 310 g/mol. The minimum Gasteiger partial charge on any atom is -0.480 e. The molecule has 0 aromatic carbocycles. The molecule has 0 aromatic rings. The van der Waals surface area contributed by atoms with Crippen molar-refractivity contribution in [3.05, 3.63) is 0 Å². The van der Waals surface area contributed by atoms with Crippen molar-refractivity contribution in [2.75, 3.05) is 18.9 Å². The molecule has 0 aromatic heterocycles.